The van der Waals surface area contributed by atoms with Gasteiger partial charge in [-0.3, -0.25) is 0 Å². The van der Waals surface area contributed by atoms with Gasteiger partial charge in [0.1, 0.15) is 5.75 Å². The molecule has 2 nitrogen and oxygen atoms in total. The number of methoxy groups -OCH3 is 1. The summed E-state index contributed by atoms with van der Waals surface area (Å²) in [5.74, 6) is -0.240. The fourth-order valence-corrected chi connectivity index (χ4v) is 1.76. The molecule has 0 saturated carbocycles. The van der Waals surface area contributed by atoms with E-state index < -0.39 is 17.8 Å². The lowest BCUT2D eigenvalue weighted by Crippen LogP contribution is -2.20. The Labute approximate surface area is 99.5 Å². The lowest BCUT2D eigenvalue weighted by Gasteiger charge is -2.18. The average Bonchev–Trinajstić information content (AvgIpc) is 2.14. The second-order valence-corrected chi connectivity index (χ2v) is 3.80. The summed E-state index contributed by atoms with van der Waals surface area (Å²) in [7, 11) is 1.15. The number of alkyl halides is 3. The van der Waals surface area contributed by atoms with Crippen molar-refractivity contribution < 1.29 is 23.0 Å². The van der Waals surface area contributed by atoms with Crippen LogP contribution in [0.2, 0.25) is 10.0 Å². The first kappa shape index (κ1) is 13.4. The van der Waals surface area contributed by atoms with Crippen LogP contribution in [0.25, 0.3) is 0 Å². The van der Waals surface area contributed by atoms with Crippen molar-refractivity contribution >= 4 is 23.2 Å². The molecule has 0 heterocycles. The molecule has 90 valence electrons. The first-order valence-corrected chi connectivity index (χ1v) is 4.80. The Hall–Kier alpha value is -0.650. The van der Waals surface area contributed by atoms with Gasteiger partial charge in [-0.2, -0.15) is 13.2 Å². The second-order valence-electron chi connectivity index (χ2n) is 2.95. The van der Waals surface area contributed by atoms with Crippen LogP contribution in [0.3, 0.4) is 0 Å². The Bertz CT molecular complexity index is 393. The van der Waals surface area contributed by atoms with Gasteiger partial charge in [0.25, 0.3) is 0 Å². The highest BCUT2D eigenvalue weighted by Gasteiger charge is 2.41. The van der Waals surface area contributed by atoms with E-state index in [1.165, 1.54) is 6.07 Å². The summed E-state index contributed by atoms with van der Waals surface area (Å²) in [6.07, 6.45) is -7.49. The van der Waals surface area contributed by atoms with Crippen LogP contribution in [0, 0.1) is 0 Å². The quantitative estimate of drug-likeness (QED) is 0.893. The van der Waals surface area contributed by atoms with Gasteiger partial charge in [0.15, 0.2) is 6.10 Å². The van der Waals surface area contributed by atoms with Gasteiger partial charge in [-0.1, -0.05) is 23.2 Å². The molecule has 0 fully saturated rings. The summed E-state index contributed by atoms with van der Waals surface area (Å²) < 4.78 is 41.7. The molecule has 1 unspecified atom stereocenters. The van der Waals surface area contributed by atoms with Crippen LogP contribution in [0.4, 0.5) is 13.2 Å². The average molecular weight is 275 g/mol. The molecule has 1 atom stereocenters. The molecule has 1 aromatic rings. The van der Waals surface area contributed by atoms with Gasteiger partial charge in [0.05, 0.1) is 12.1 Å². The van der Waals surface area contributed by atoms with Gasteiger partial charge in [0.2, 0.25) is 0 Å². The fraction of sp³-hybridized carbons (Fsp3) is 0.333. The van der Waals surface area contributed by atoms with Crippen molar-refractivity contribution in [1.82, 2.24) is 0 Å². The van der Waals surface area contributed by atoms with E-state index in [1.54, 1.807) is 0 Å². The normalized spacial score (nSPS) is 13.7. The minimum Gasteiger partial charge on any atom is -0.495 e. The van der Waals surface area contributed by atoms with Crippen LogP contribution < -0.4 is 4.74 Å². The Kier molecular flexibility index (Phi) is 3.93. The summed E-state index contributed by atoms with van der Waals surface area (Å²) in [4.78, 5) is 0. The number of aliphatic hydroxyl groups excluding tert-OH is 1. The zero-order chi connectivity index (χ0) is 12.5. The third kappa shape index (κ3) is 2.72. The highest BCUT2D eigenvalue weighted by atomic mass is 35.5. The van der Waals surface area contributed by atoms with Gasteiger partial charge in [-0.15, -0.1) is 0 Å². The van der Waals surface area contributed by atoms with Gasteiger partial charge >= 0.3 is 6.18 Å². The number of halogens is 5. The Morgan fingerprint density at radius 1 is 1.31 bits per heavy atom. The smallest absolute Gasteiger partial charge is 0.418 e. The topological polar surface area (TPSA) is 29.5 Å². The maximum atomic E-state index is 12.3. The van der Waals surface area contributed by atoms with E-state index in [-0.39, 0.29) is 15.8 Å². The number of rotatable bonds is 2. The molecule has 1 aromatic carbocycles. The summed E-state index contributed by atoms with van der Waals surface area (Å²) in [6, 6.07) is 2.19. The predicted molar refractivity (Wildman–Crippen MR) is 54.0 cm³/mol. The highest BCUT2D eigenvalue weighted by Crippen LogP contribution is 2.41. The van der Waals surface area contributed by atoms with Gasteiger partial charge in [-0.25, -0.2) is 0 Å². The van der Waals surface area contributed by atoms with Crippen molar-refractivity contribution in [3.05, 3.63) is 27.7 Å². The first-order chi connectivity index (χ1) is 7.27. The third-order valence-corrected chi connectivity index (χ3v) is 2.34. The maximum Gasteiger partial charge on any atom is 0.418 e. The lowest BCUT2D eigenvalue weighted by molar-refractivity contribution is -0.207. The molecular formula is C9H7Cl2F3O2. The Morgan fingerprint density at radius 2 is 1.88 bits per heavy atom. The van der Waals surface area contributed by atoms with Crippen molar-refractivity contribution in [1.29, 1.82) is 0 Å². The molecule has 0 amide bonds. The number of hydrogen-bond donors (Lipinski definition) is 1. The Balaban J connectivity index is 3.31. The van der Waals surface area contributed by atoms with Crippen LogP contribution in [0.1, 0.15) is 11.7 Å². The van der Waals surface area contributed by atoms with E-state index >= 15 is 0 Å². The first-order valence-electron chi connectivity index (χ1n) is 4.05. The SMILES string of the molecule is COc1c(Cl)cc(Cl)cc1C(O)C(F)(F)F. The monoisotopic (exact) mass is 274 g/mol. The predicted octanol–water partition coefficient (Wildman–Crippen LogP) is 3.60. The molecule has 0 bridgehead atoms. The van der Waals surface area contributed by atoms with Gasteiger partial charge in [-0.05, 0) is 12.1 Å². The molecule has 7 heteroatoms. The van der Waals surface area contributed by atoms with Crippen molar-refractivity contribution in [3.8, 4) is 5.75 Å². The van der Waals surface area contributed by atoms with Gasteiger partial charge in [0, 0.05) is 10.6 Å². The van der Waals surface area contributed by atoms with E-state index in [2.05, 4.69) is 0 Å². The summed E-state index contributed by atoms with van der Waals surface area (Å²) in [5.41, 5.74) is -0.507. The molecule has 0 aromatic heterocycles. The van der Waals surface area contributed by atoms with Crippen molar-refractivity contribution in [3.63, 3.8) is 0 Å². The zero-order valence-corrected chi connectivity index (χ0v) is 9.49. The molecule has 0 radical (unpaired) electrons. The Morgan fingerprint density at radius 3 is 2.31 bits per heavy atom. The molecular weight excluding hydrogens is 268 g/mol. The third-order valence-electron chi connectivity index (χ3n) is 1.85. The van der Waals surface area contributed by atoms with Crippen LogP contribution in [0.15, 0.2) is 12.1 Å². The van der Waals surface area contributed by atoms with Gasteiger partial charge < -0.3 is 9.84 Å². The molecule has 1 N–H and O–H groups in total. The molecule has 1 rings (SSSR count). The molecule has 0 spiro atoms. The van der Waals surface area contributed by atoms with Crippen LogP contribution in [-0.4, -0.2) is 18.4 Å². The second kappa shape index (κ2) is 4.69. The van der Waals surface area contributed by atoms with E-state index in [0.717, 1.165) is 13.2 Å². The van der Waals surface area contributed by atoms with Crippen LogP contribution in [0.5, 0.6) is 5.75 Å². The van der Waals surface area contributed by atoms with E-state index in [1.807, 2.05) is 0 Å². The molecule has 0 aliphatic carbocycles. The minimum absolute atomic E-state index is 0.0101. The molecule has 0 saturated heterocycles. The van der Waals surface area contributed by atoms with Crippen LogP contribution >= 0.6 is 23.2 Å². The summed E-state index contributed by atoms with van der Waals surface area (Å²) >= 11 is 11.2. The summed E-state index contributed by atoms with van der Waals surface area (Å²) in [5, 5.41) is 9.00. The van der Waals surface area contributed by atoms with E-state index in [0.29, 0.717) is 0 Å². The molecule has 16 heavy (non-hydrogen) atoms. The highest BCUT2D eigenvalue weighted by molar-refractivity contribution is 6.35. The van der Waals surface area contributed by atoms with Crippen molar-refractivity contribution in [2.75, 3.05) is 7.11 Å². The largest absolute Gasteiger partial charge is 0.495 e. The van der Waals surface area contributed by atoms with Crippen molar-refractivity contribution in [2.24, 2.45) is 0 Å². The van der Waals surface area contributed by atoms with Crippen LogP contribution in [-0.2, 0) is 0 Å². The maximum absolute atomic E-state index is 12.3. The van der Waals surface area contributed by atoms with Crippen molar-refractivity contribution in [2.45, 2.75) is 12.3 Å². The number of benzene rings is 1. The fourth-order valence-electron chi connectivity index (χ4n) is 1.18. The molecule has 0 aliphatic heterocycles. The number of hydrogen-bond acceptors (Lipinski definition) is 2. The van der Waals surface area contributed by atoms with E-state index in [9.17, 15) is 13.2 Å². The zero-order valence-electron chi connectivity index (χ0n) is 7.98. The standard InChI is InChI=1S/C9H7Cl2F3O2/c1-16-7-5(8(15)9(12,13)14)2-4(10)3-6(7)11/h2-3,8,15H,1H3. The lowest BCUT2D eigenvalue weighted by atomic mass is 10.1. The summed E-state index contributed by atoms with van der Waals surface area (Å²) in [6.45, 7) is 0. The molecule has 0 aliphatic rings. The van der Waals surface area contributed by atoms with E-state index in [4.69, 9.17) is 33.0 Å². The number of ether oxygens (including phenoxy) is 1. The minimum atomic E-state index is -4.80. The number of aliphatic hydroxyl groups is 1.